The first-order valence-electron chi connectivity index (χ1n) is 4.52. The van der Waals surface area contributed by atoms with Gasteiger partial charge in [-0.1, -0.05) is 42.5 Å². The van der Waals surface area contributed by atoms with Crippen LogP contribution in [0, 0.1) is 6.92 Å². The number of aryl methyl sites for hydroxylation is 1. The summed E-state index contributed by atoms with van der Waals surface area (Å²) in [4.78, 5) is 0. The summed E-state index contributed by atoms with van der Waals surface area (Å²) >= 11 is 0. The molecule has 2 aromatic carbocycles. The molecule has 0 aliphatic heterocycles. The van der Waals surface area contributed by atoms with E-state index in [2.05, 4.69) is 49.4 Å². The monoisotopic (exact) mass is 298 g/mol. The molecule has 0 aliphatic carbocycles. The quantitative estimate of drug-likeness (QED) is 0.576. The molecule has 0 aliphatic rings. The first-order valence-corrected chi connectivity index (χ1v) is 5.92. The molecule has 0 fully saturated rings. The minimum atomic E-state index is -4.67. The molecule has 0 saturated carbocycles. The summed E-state index contributed by atoms with van der Waals surface area (Å²) < 4.78 is 31.6. The van der Waals surface area contributed by atoms with Gasteiger partial charge in [-0.25, -0.2) is 0 Å². The molecule has 2 rings (SSSR count). The molecule has 0 aromatic heterocycles. The molecular weight excluding hydrogens is 283 g/mol. The second-order valence-corrected chi connectivity index (χ2v) is 4.14. The molecule has 0 heterocycles. The van der Waals surface area contributed by atoms with Crippen LogP contribution >= 0.6 is 13.5 Å². The number of hydrogen-bond acceptors (Lipinski definition) is 2. The van der Waals surface area contributed by atoms with Gasteiger partial charge >= 0.3 is 40.0 Å². The molecule has 0 radical (unpaired) electrons. The third-order valence-electron chi connectivity index (χ3n) is 2.01. The molecule has 2 N–H and O–H groups in total. The summed E-state index contributed by atoms with van der Waals surface area (Å²) in [6.45, 7) is 2.14. The number of fused-ring (bicyclic) bond motifs is 1. The van der Waals surface area contributed by atoms with Crippen LogP contribution in [0.1, 0.15) is 5.56 Å². The van der Waals surface area contributed by atoms with Crippen LogP contribution in [0.15, 0.2) is 42.5 Å². The Kier molecular flexibility index (Phi) is 10.0. The normalized spacial score (nSPS) is 9.50. The first kappa shape index (κ1) is 20.2. The Morgan fingerprint density at radius 1 is 0.944 bits per heavy atom. The van der Waals surface area contributed by atoms with Gasteiger partial charge in [-0.05, 0) is 23.3 Å². The third-order valence-corrected chi connectivity index (χ3v) is 2.01. The van der Waals surface area contributed by atoms with Crippen LogP contribution < -0.4 is 0 Å². The number of hydrogen-bond donors (Lipinski definition) is 2. The third kappa shape index (κ3) is 8.10. The average Bonchev–Trinajstić information content (AvgIpc) is 2.16. The van der Waals surface area contributed by atoms with Crippen LogP contribution in [0.4, 0.5) is 0 Å². The maximum absolute atomic E-state index is 8.74. The van der Waals surface area contributed by atoms with E-state index in [1.807, 2.05) is 0 Å². The van der Waals surface area contributed by atoms with Crippen molar-refractivity contribution in [1.82, 2.24) is 0 Å². The molecule has 0 unspecified atom stereocenters. The SMILES string of the molecule is Cc1cccc2ccccc12.O=S(=O)(O)O.S.[NaH]. The number of rotatable bonds is 0. The predicted octanol–water partition coefficient (Wildman–Crippen LogP) is 1.96. The van der Waals surface area contributed by atoms with Gasteiger partial charge in [0.15, 0.2) is 0 Å². The van der Waals surface area contributed by atoms with Crippen LogP contribution in [-0.4, -0.2) is 47.1 Å². The van der Waals surface area contributed by atoms with Gasteiger partial charge in [-0.3, -0.25) is 9.11 Å². The van der Waals surface area contributed by atoms with Crippen LogP contribution in [0.2, 0.25) is 0 Å². The second-order valence-electron chi connectivity index (χ2n) is 3.24. The van der Waals surface area contributed by atoms with Gasteiger partial charge in [0.05, 0.1) is 0 Å². The molecule has 2 aromatic rings. The summed E-state index contributed by atoms with van der Waals surface area (Å²) in [5, 5.41) is 2.68. The van der Waals surface area contributed by atoms with Crippen molar-refractivity contribution < 1.29 is 17.5 Å². The first-order chi connectivity index (χ1) is 7.38. The van der Waals surface area contributed by atoms with E-state index in [4.69, 9.17) is 17.5 Å². The van der Waals surface area contributed by atoms with Crippen LogP contribution in [0.5, 0.6) is 0 Å². The molecule has 0 atom stereocenters. The summed E-state index contributed by atoms with van der Waals surface area (Å²) in [6, 6.07) is 14.8. The summed E-state index contributed by atoms with van der Waals surface area (Å²) in [5.41, 5.74) is 1.35. The topological polar surface area (TPSA) is 74.6 Å². The van der Waals surface area contributed by atoms with Gasteiger partial charge in [0.25, 0.3) is 0 Å². The van der Waals surface area contributed by atoms with Crippen molar-refractivity contribution >= 4 is 64.2 Å². The summed E-state index contributed by atoms with van der Waals surface area (Å²) in [6.07, 6.45) is 0. The summed E-state index contributed by atoms with van der Waals surface area (Å²) in [5.74, 6) is 0. The van der Waals surface area contributed by atoms with Crippen molar-refractivity contribution in [3.63, 3.8) is 0 Å². The average molecular weight is 298 g/mol. The van der Waals surface area contributed by atoms with Gasteiger partial charge in [0.2, 0.25) is 0 Å². The molecule has 4 nitrogen and oxygen atoms in total. The number of benzene rings is 2. The molecule has 7 heteroatoms. The fourth-order valence-corrected chi connectivity index (χ4v) is 1.39. The van der Waals surface area contributed by atoms with E-state index < -0.39 is 10.4 Å². The van der Waals surface area contributed by atoms with Gasteiger partial charge in [0.1, 0.15) is 0 Å². The van der Waals surface area contributed by atoms with Crippen molar-refractivity contribution in [2.24, 2.45) is 0 Å². The fourth-order valence-electron chi connectivity index (χ4n) is 1.39. The van der Waals surface area contributed by atoms with E-state index in [0.717, 1.165) is 0 Å². The molecule has 18 heavy (non-hydrogen) atoms. The molecule has 0 amide bonds. The van der Waals surface area contributed by atoms with Crippen molar-refractivity contribution in [3.8, 4) is 0 Å². The molecular formula is C11H15NaO4S2. The Morgan fingerprint density at radius 3 is 1.89 bits per heavy atom. The zero-order valence-electron chi connectivity index (χ0n) is 9.16. The Morgan fingerprint density at radius 2 is 1.39 bits per heavy atom. The predicted molar refractivity (Wildman–Crippen MR) is 80.4 cm³/mol. The van der Waals surface area contributed by atoms with E-state index >= 15 is 0 Å². The van der Waals surface area contributed by atoms with Crippen LogP contribution in [0.3, 0.4) is 0 Å². The zero-order chi connectivity index (χ0) is 12.2. The minimum absolute atomic E-state index is 0. The van der Waals surface area contributed by atoms with E-state index in [9.17, 15) is 0 Å². The second kappa shape index (κ2) is 8.92. The van der Waals surface area contributed by atoms with Gasteiger partial charge < -0.3 is 0 Å². The Hall–Kier alpha value is -0.0800. The summed E-state index contributed by atoms with van der Waals surface area (Å²) in [7, 11) is -4.67. The Balaban J connectivity index is 0. The maximum atomic E-state index is 8.74. The molecule has 0 saturated heterocycles. The molecule has 96 valence electrons. The van der Waals surface area contributed by atoms with E-state index in [0.29, 0.717) is 0 Å². The van der Waals surface area contributed by atoms with Crippen molar-refractivity contribution in [2.75, 3.05) is 0 Å². The van der Waals surface area contributed by atoms with Gasteiger partial charge in [0, 0.05) is 0 Å². The Labute approximate surface area is 136 Å². The fraction of sp³-hybridized carbons (Fsp3) is 0.0909. The van der Waals surface area contributed by atoms with Crippen LogP contribution in [-0.2, 0) is 10.4 Å². The molecule has 0 spiro atoms. The standard InChI is InChI=1S/C11H10.Na.H2O4S.H2S.H/c1-9-5-4-7-10-6-2-3-8-11(9)10;;1-5(2,3)4;;/h2-8H,1H3;;(H2,1,2,3,4);1H2;. The van der Waals surface area contributed by atoms with Crippen molar-refractivity contribution in [1.29, 1.82) is 0 Å². The van der Waals surface area contributed by atoms with Crippen LogP contribution in [0.25, 0.3) is 10.8 Å². The van der Waals surface area contributed by atoms with Crippen molar-refractivity contribution in [3.05, 3.63) is 48.0 Å². The van der Waals surface area contributed by atoms with E-state index in [1.54, 1.807) is 0 Å². The van der Waals surface area contributed by atoms with Crippen molar-refractivity contribution in [2.45, 2.75) is 6.92 Å². The van der Waals surface area contributed by atoms with Gasteiger partial charge in [-0.15, -0.1) is 0 Å². The van der Waals surface area contributed by atoms with E-state index in [1.165, 1.54) is 16.3 Å². The van der Waals surface area contributed by atoms with Gasteiger partial charge in [-0.2, -0.15) is 21.9 Å². The van der Waals surface area contributed by atoms with E-state index in [-0.39, 0.29) is 43.1 Å². The Bertz CT molecular complexity index is 571. The zero-order valence-corrected chi connectivity index (χ0v) is 11.0. The molecule has 0 bridgehead atoms.